The van der Waals surface area contributed by atoms with E-state index < -0.39 is 0 Å². The third kappa shape index (κ3) is 4.47. The number of fused-ring (bicyclic) bond motifs is 1. The first-order chi connectivity index (χ1) is 10.3. The molecule has 0 radical (unpaired) electrons. The minimum Gasteiger partial charge on any atom is -0.326 e. The molecule has 0 aromatic heterocycles. The molecule has 1 aromatic rings. The molecule has 2 aliphatic rings. The number of benzene rings is 1. The number of carbonyl (C=O) groups excluding carboxylic acids is 1. The summed E-state index contributed by atoms with van der Waals surface area (Å²) in [5.74, 6) is 0.431. The van der Waals surface area contributed by atoms with Gasteiger partial charge in [0.25, 0.3) is 0 Å². The molecule has 1 aliphatic heterocycles. The molecule has 0 saturated heterocycles. The van der Waals surface area contributed by atoms with Crippen molar-refractivity contribution in [3.63, 3.8) is 0 Å². The zero-order valence-electron chi connectivity index (χ0n) is 13.2. The van der Waals surface area contributed by atoms with Gasteiger partial charge in [-0.2, -0.15) is 0 Å². The van der Waals surface area contributed by atoms with Crippen molar-refractivity contribution in [2.24, 2.45) is 5.92 Å². The highest BCUT2D eigenvalue weighted by molar-refractivity contribution is 5.92. The lowest BCUT2D eigenvalue weighted by molar-refractivity contribution is -0.120. The summed E-state index contributed by atoms with van der Waals surface area (Å²) in [6.07, 6.45) is 9.51. The van der Waals surface area contributed by atoms with Crippen LogP contribution in [-0.2, 0) is 17.8 Å². The van der Waals surface area contributed by atoms with E-state index in [1.54, 1.807) is 0 Å². The summed E-state index contributed by atoms with van der Waals surface area (Å²) in [6.45, 7) is 1.98. The number of amides is 1. The number of carbonyl (C=O) groups is 1. The molecule has 0 bridgehead atoms. The van der Waals surface area contributed by atoms with Crippen LogP contribution in [0.5, 0.6) is 0 Å². The molecule has 4 heteroatoms. The Labute approximate surface area is 139 Å². The number of anilines is 1. The van der Waals surface area contributed by atoms with Crippen molar-refractivity contribution in [1.29, 1.82) is 0 Å². The van der Waals surface area contributed by atoms with Gasteiger partial charge in [0, 0.05) is 18.2 Å². The zero-order valence-corrected chi connectivity index (χ0v) is 14.0. The quantitative estimate of drug-likeness (QED) is 0.862. The fourth-order valence-corrected chi connectivity index (χ4v) is 3.52. The molecule has 1 aromatic carbocycles. The first-order valence-corrected chi connectivity index (χ1v) is 8.46. The Morgan fingerprint density at radius 2 is 1.77 bits per heavy atom. The number of hydrogen-bond acceptors (Lipinski definition) is 2. The Balaban J connectivity index is 0.00000176. The molecule has 122 valence electrons. The zero-order chi connectivity index (χ0) is 14.5. The number of halogens is 1. The van der Waals surface area contributed by atoms with Crippen LogP contribution in [0.3, 0.4) is 0 Å². The van der Waals surface area contributed by atoms with E-state index in [0.29, 0.717) is 0 Å². The summed E-state index contributed by atoms with van der Waals surface area (Å²) in [5, 5.41) is 6.53. The standard InChI is InChI=1S/C18H26N2O.ClH/c21-18(15-6-4-2-1-3-5-7-15)20-17-9-8-14-10-11-19-13-16(14)12-17;/h8-9,12,15,19H,1-7,10-11,13H2,(H,20,21);1H. The molecular formula is C18H27ClN2O. The summed E-state index contributed by atoms with van der Waals surface area (Å²) in [7, 11) is 0. The average Bonchev–Trinajstić information content (AvgIpc) is 2.46. The summed E-state index contributed by atoms with van der Waals surface area (Å²) in [4.78, 5) is 12.5. The molecule has 1 saturated carbocycles. The monoisotopic (exact) mass is 322 g/mol. The average molecular weight is 323 g/mol. The Hall–Kier alpha value is -1.06. The van der Waals surface area contributed by atoms with Crippen LogP contribution in [0.2, 0.25) is 0 Å². The van der Waals surface area contributed by atoms with E-state index in [-0.39, 0.29) is 24.2 Å². The van der Waals surface area contributed by atoms with Crippen LogP contribution >= 0.6 is 12.4 Å². The van der Waals surface area contributed by atoms with Gasteiger partial charge in [-0.05, 0) is 49.1 Å². The van der Waals surface area contributed by atoms with Crippen molar-refractivity contribution in [3.05, 3.63) is 29.3 Å². The first kappa shape index (κ1) is 17.3. The normalized spacial score (nSPS) is 19.3. The third-order valence-electron chi connectivity index (χ3n) is 4.84. The number of nitrogens with one attached hydrogen (secondary N) is 2. The van der Waals surface area contributed by atoms with E-state index in [2.05, 4.69) is 28.8 Å². The molecule has 1 amide bonds. The van der Waals surface area contributed by atoms with Gasteiger partial charge in [-0.1, -0.05) is 38.2 Å². The molecule has 0 spiro atoms. The van der Waals surface area contributed by atoms with Crippen LogP contribution in [-0.4, -0.2) is 12.5 Å². The van der Waals surface area contributed by atoms with Crippen LogP contribution < -0.4 is 10.6 Å². The fourth-order valence-electron chi connectivity index (χ4n) is 3.52. The lowest BCUT2D eigenvalue weighted by atomic mass is 9.90. The van der Waals surface area contributed by atoms with Crippen LogP contribution in [0, 0.1) is 5.92 Å². The van der Waals surface area contributed by atoms with Gasteiger partial charge < -0.3 is 10.6 Å². The molecule has 1 fully saturated rings. The lowest BCUT2D eigenvalue weighted by Crippen LogP contribution is -2.25. The van der Waals surface area contributed by atoms with E-state index in [1.165, 1.54) is 43.2 Å². The highest BCUT2D eigenvalue weighted by Crippen LogP contribution is 2.25. The van der Waals surface area contributed by atoms with E-state index in [9.17, 15) is 4.79 Å². The first-order valence-electron chi connectivity index (χ1n) is 8.46. The van der Waals surface area contributed by atoms with Gasteiger partial charge in [0.05, 0.1) is 0 Å². The minimum absolute atomic E-state index is 0. The largest absolute Gasteiger partial charge is 0.326 e. The van der Waals surface area contributed by atoms with Crippen molar-refractivity contribution < 1.29 is 4.79 Å². The molecule has 2 N–H and O–H groups in total. The predicted molar refractivity (Wildman–Crippen MR) is 93.5 cm³/mol. The molecule has 3 rings (SSSR count). The molecule has 1 heterocycles. The van der Waals surface area contributed by atoms with Gasteiger partial charge in [0.15, 0.2) is 0 Å². The van der Waals surface area contributed by atoms with Crippen LogP contribution in [0.1, 0.15) is 56.1 Å². The van der Waals surface area contributed by atoms with Crippen LogP contribution in [0.15, 0.2) is 18.2 Å². The Morgan fingerprint density at radius 1 is 1.05 bits per heavy atom. The summed E-state index contributed by atoms with van der Waals surface area (Å²) < 4.78 is 0. The maximum atomic E-state index is 12.5. The maximum absolute atomic E-state index is 12.5. The SMILES string of the molecule is Cl.O=C(Nc1ccc2c(c1)CNCC2)C1CCCCCCC1. The van der Waals surface area contributed by atoms with E-state index in [1.807, 2.05) is 0 Å². The Kier molecular flexibility index (Phi) is 6.71. The van der Waals surface area contributed by atoms with Gasteiger partial charge in [-0.15, -0.1) is 12.4 Å². The van der Waals surface area contributed by atoms with E-state index in [0.717, 1.165) is 38.0 Å². The van der Waals surface area contributed by atoms with Crippen LogP contribution in [0.25, 0.3) is 0 Å². The molecule has 3 nitrogen and oxygen atoms in total. The van der Waals surface area contributed by atoms with E-state index >= 15 is 0 Å². The van der Waals surface area contributed by atoms with Gasteiger partial charge in [-0.3, -0.25) is 4.79 Å². The Morgan fingerprint density at radius 3 is 2.55 bits per heavy atom. The highest BCUT2D eigenvalue weighted by Gasteiger charge is 2.19. The fraction of sp³-hybridized carbons (Fsp3) is 0.611. The molecule has 0 unspecified atom stereocenters. The Bertz CT molecular complexity index is 496. The summed E-state index contributed by atoms with van der Waals surface area (Å²) in [6, 6.07) is 6.37. The highest BCUT2D eigenvalue weighted by atomic mass is 35.5. The molecule has 1 aliphatic carbocycles. The lowest BCUT2D eigenvalue weighted by Gasteiger charge is -2.21. The van der Waals surface area contributed by atoms with Gasteiger partial charge >= 0.3 is 0 Å². The maximum Gasteiger partial charge on any atom is 0.227 e. The van der Waals surface area contributed by atoms with Crippen molar-refractivity contribution in [1.82, 2.24) is 5.32 Å². The smallest absolute Gasteiger partial charge is 0.227 e. The van der Waals surface area contributed by atoms with Gasteiger partial charge in [0.1, 0.15) is 0 Å². The van der Waals surface area contributed by atoms with Crippen molar-refractivity contribution in [2.75, 3.05) is 11.9 Å². The van der Waals surface area contributed by atoms with Gasteiger partial charge in [-0.25, -0.2) is 0 Å². The predicted octanol–water partition coefficient (Wildman–Crippen LogP) is 4.05. The van der Waals surface area contributed by atoms with E-state index in [4.69, 9.17) is 0 Å². The minimum atomic E-state index is 0. The van der Waals surface area contributed by atoms with Crippen molar-refractivity contribution in [2.45, 2.75) is 57.9 Å². The second kappa shape index (κ2) is 8.54. The summed E-state index contributed by atoms with van der Waals surface area (Å²) >= 11 is 0. The van der Waals surface area contributed by atoms with Crippen molar-refractivity contribution >= 4 is 24.0 Å². The number of rotatable bonds is 2. The molecule has 0 atom stereocenters. The molecule has 22 heavy (non-hydrogen) atoms. The number of hydrogen-bond donors (Lipinski definition) is 2. The van der Waals surface area contributed by atoms with Crippen LogP contribution in [0.4, 0.5) is 5.69 Å². The third-order valence-corrected chi connectivity index (χ3v) is 4.84. The van der Waals surface area contributed by atoms with Gasteiger partial charge in [0.2, 0.25) is 5.91 Å². The summed E-state index contributed by atoms with van der Waals surface area (Å²) in [5.41, 5.74) is 3.71. The molecular weight excluding hydrogens is 296 g/mol. The topological polar surface area (TPSA) is 41.1 Å². The van der Waals surface area contributed by atoms with Crippen molar-refractivity contribution in [3.8, 4) is 0 Å². The second-order valence-corrected chi connectivity index (χ2v) is 6.44. The second-order valence-electron chi connectivity index (χ2n) is 6.44.